The minimum Gasteiger partial charge on any atom is -0.489 e. The van der Waals surface area contributed by atoms with Gasteiger partial charge >= 0.3 is 0 Å². The van der Waals surface area contributed by atoms with Crippen molar-refractivity contribution in [2.75, 3.05) is 5.32 Å². The molecule has 31 heavy (non-hydrogen) atoms. The number of hydrogen-bond donors (Lipinski definition) is 1. The molecule has 0 spiro atoms. The fourth-order valence-corrected chi connectivity index (χ4v) is 4.73. The third kappa shape index (κ3) is 3.77. The van der Waals surface area contributed by atoms with E-state index < -0.39 is 0 Å². The molecule has 3 atom stereocenters. The number of nitro groups is 1. The molecular weight excluding hydrogens is 412 g/mol. The van der Waals surface area contributed by atoms with Gasteiger partial charge in [0.1, 0.15) is 18.0 Å². The van der Waals surface area contributed by atoms with Crippen LogP contribution >= 0.6 is 11.6 Å². The Morgan fingerprint density at radius 3 is 2.58 bits per heavy atom. The van der Waals surface area contributed by atoms with Crippen molar-refractivity contribution in [1.29, 1.82) is 0 Å². The van der Waals surface area contributed by atoms with Crippen molar-refractivity contribution in [3.8, 4) is 5.75 Å². The quantitative estimate of drug-likeness (QED) is 0.278. The van der Waals surface area contributed by atoms with E-state index in [-0.39, 0.29) is 22.6 Å². The number of hydrogen-bond acceptors (Lipinski definition) is 4. The summed E-state index contributed by atoms with van der Waals surface area (Å²) in [4.78, 5) is 11.3. The number of rotatable bonds is 5. The van der Waals surface area contributed by atoms with E-state index in [1.807, 2.05) is 54.6 Å². The first kappa shape index (κ1) is 19.6. The average Bonchev–Trinajstić information content (AvgIpc) is 3.28. The van der Waals surface area contributed by atoms with Crippen LogP contribution in [0, 0.1) is 16.0 Å². The Morgan fingerprint density at radius 1 is 1.06 bits per heavy atom. The fourth-order valence-electron chi connectivity index (χ4n) is 4.61. The molecule has 3 aromatic carbocycles. The number of halogens is 1. The molecule has 0 aromatic heterocycles. The Balaban J connectivity index is 1.37. The van der Waals surface area contributed by atoms with Crippen molar-refractivity contribution in [2.24, 2.45) is 5.92 Å². The highest BCUT2D eigenvalue weighted by Crippen LogP contribution is 2.52. The van der Waals surface area contributed by atoms with Crippen molar-refractivity contribution < 1.29 is 9.66 Å². The predicted octanol–water partition coefficient (Wildman–Crippen LogP) is 6.65. The van der Waals surface area contributed by atoms with E-state index in [4.69, 9.17) is 16.3 Å². The van der Waals surface area contributed by atoms with Gasteiger partial charge in [-0.25, -0.2) is 0 Å². The maximum Gasteiger partial charge on any atom is 0.292 e. The lowest BCUT2D eigenvalue weighted by atomic mass is 9.77. The van der Waals surface area contributed by atoms with Crippen molar-refractivity contribution in [1.82, 2.24) is 0 Å². The molecule has 1 N–H and O–H groups in total. The standard InChI is InChI=1S/C25H21ClN2O3/c26-18-11-7-16(8-12-18)15-31-19-13-9-17(10-14-19)24-21-4-1-3-20(21)22-5-2-6-23(28(29)30)25(22)27-24/h1-3,5-14,20-21,24,27H,4,15H2/t20?,21?,24-/m1/s1. The minimum atomic E-state index is -0.310. The molecule has 6 heteroatoms. The van der Waals surface area contributed by atoms with E-state index in [1.165, 1.54) is 0 Å². The smallest absolute Gasteiger partial charge is 0.292 e. The number of nitro benzene ring substituents is 1. The number of nitrogens with one attached hydrogen (secondary N) is 1. The largest absolute Gasteiger partial charge is 0.489 e. The number of fused-ring (bicyclic) bond motifs is 3. The number of para-hydroxylation sites is 1. The topological polar surface area (TPSA) is 64.4 Å². The first-order valence-corrected chi connectivity index (χ1v) is 10.7. The van der Waals surface area contributed by atoms with Gasteiger partial charge in [0, 0.05) is 17.0 Å². The van der Waals surface area contributed by atoms with Crippen molar-refractivity contribution in [2.45, 2.75) is 25.0 Å². The molecule has 1 aliphatic carbocycles. The molecule has 0 saturated carbocycles. The van der Waals surface area contributed by atoms with Gasteiger partial charge in [0.25, 0.3) is 5.69 Å². The van der Waals surface area contributed by atoms with Crippen LogP contribution in [-0.4, -0.2) is 4.92 Å². The van der Waals surface area contributed by atoms with Gasteiger partial charge in [0.15, 0.2) is 0 Å². The summed E-state index contributed by atoms with van der Waals surface area (Å²) in [5.74, 6) is 1.29. The second-order valence-corrected chi connectivity index (χ2v) is 8.39. The maximum atomic E-state index is 11.6. The van der Waals surface area contributed by atoms with Crippen LogP contribution < -0.4 is 10.1 Å². The first-order valence-electron chi connectivity index (χ1n) is 10.3. The Labute approximate surface area is 185 Å². The highest BCUT2D eigenvalue weighted by atomic mass is 35.5. The number of allylic oxidation sites excluding steroid dienone is 2. The zero-order valence-electron chi connectivity index (χ0n) is 16.7. The molecule has 0 radical (unpaired) electrons. The second kappa shape index (κ2) is 8.08. The molecule has 1 heterocycles. The fraction of sp³-hybridized carbons (Fsp3) is 0.200. The average molecular weight is 433 g/mol. The lowest BCUT2D eigenvalue weighted by Gasteiger charge is -2.37. The zero-order chi connectivity index (χ0) is 21.4. The van der Waals surface area contributed by atoms with E-state index >= 15 is 0 Å². The second-order valence-electron chi connectivity index (χ2n) is 7.96. The van der Waals surface area contributed by atoms with Crippen LogP contribution in [0.5, 0.6) is 5.75 Å². The third-order valence-corrected chi connectivity index (χ3v) is 6.38. The van der Waals surface area contributed by atoms with Gasteiger partial charge in [-0.3, -0.25) is 10.1 Å². The lowest BCUT2D eigenvalue weighted by molar-refractivity contribution is -0.384. The van der Waals surface area contributed by atoms with Gasteiger partial charge < -0.3 is 10.1 Å². The predicted molar refractivity (Wildman–Crippen MR) is 122 cm³/mol. The van der Waals surface area contributed by atoms with Crippen molar-refractivity contribution >= 4 is 23.0 Å². The highest BCUT2D eigenvalue weighted by molar-refractivity contribution is 6.30. The van der Waals surface area contributed by atoms with E-state index in [2.05, 4.69) is 17.5 Å². The lowest BCUT2D eigenvalue weighted by Crippen LogP contribution is -2.29. The molecule has 156 valence electrons. The summed E-state index contributed by atoms with van der Waals surface area (Å²) in [7, 11) is 0. The summed E-state index contributed by atoms with van der Waals surface area (Å²) < 4.78 is 5.90. The minimum absolute atomic E-state index is 0.00100. The summed E-state index contributed by atoms with van der Waals surface area (Å²) in [6.07, 6.45) is 5.31. The SMILES string of the molecule is O=[N+]([O-])c1cccc2c1N[C@H](c1ccc(OCc3ccc(Cl)cc3)cc1)C1CC=CC21. The van der Waals surface area contributed by atoms with Crippen molar-refractivity contribution in [3.63, 3.8) is 0 Å². The van der Waals surface area contributed by atoms with E-state index in [0.29, 0.717) is 23.2 Å². The molecule has 3 aromatic rings. The summed E-state index contributed by atoms with van der Waals surface area (Å²) >= 11 is 5.93. The van der Waals surface area contributed by atoms with Crippen LogP contribution in [0.2, 0.25) is 5.02 Å². The molecule has 2 unspecified atom stereocenters. The molecule has 5 nitrogen and oxygen atoms in total. The molecule has 1 aliphatic heterocycles. The van der Waals surface area contributed by atoms with Crippen LogP contribution in [-0.2, 0) is 6.61 Å². The Hall–Kier alpha value is -3.31. The molecule has 0 bridgehead atoms. The van der Waals surface area contributed by atoms with E-state index in [9.17, 15) is 10.1 Å². The van der Waals surface area contributed by atoms with E-state index in [1.54, 1.807) is 12.1 Å². The van der Waals surface area contributed by atoms with Crippen LogP contribution in [0.15, 0.2) is 78.9 Å². The summed E-state index contributed by atoms with van der Waals surface area (Å²) in [5.41, 5.74) is 3.91. The van der Waals surface area contributed by atoms with E-state index in [0.717, 1.165) is 28.9 Å². The van der Waals surface area contributed by atoms with Gasteiger partial charge in [-0.05, 0) is 53.3 Å². The number of benzene rings is 3. The van der Waals surface area contributed by atoms with Gasteiger partial charge in [-0.1, -0.05) is 60.2 Å². The monoisotopic (exact) mass is 432 g/mol. The van der Waals surface area contributed by atoms with Gasteiger partial charge in [-0.15, -0.1) is 0 Å². The van der Waals surface area contributed by atoms with Crippen LogP contribution in [0.4, 0.5) is 11.4 Å². The summed E-state index contributed by atoms with van der Waals surface area (Å²) in [6, 6.07) is 20.9. The number of anilines is 1. The van der Waals surface area contributed by atoms with Crippen LogP contribution in [0.3, 0.4) is 0 Å². The molecular formula is C25H21ClN2O3. The van der Waals surface area contributed by atoms with Gasteiger partial charge in [-0.2, -0.15) is 0 Å². The normalized spacial score (nSPS) is 21.1. The summed E-state index contributed by atoms with van der Waals surface area (Å²) in [5, 5.41) is 15.8. The van der Waals surface area contributed by atoms with Gasteiger partial charge in [0.05, 0.1) is 11.0 Å². The number of nitrogens with zero attached hydrogens (tertiary/aromatic N) is 1. The van der Waals surface area contributed by atoms with Crippen LogP contribution in [0.25, 0.3) is 0 Å². The Morgan fingerprint density at radius 2 is 1.84 bits per heavy atom. The first-order chi connectivity index (χ1) is 15.1. The maximum absolute atomic E-state index is 11.6. The molecule has 0 amide bonds. The Kier molecular flexibility index (Phi) is 5.12. The molecule has 2 aliphatic rings. The highest BCUT2D eigenvalue weighted by Gasteiger charge is 2.40. The molecule has 5 rings (SSSR count). The zero-order valence-corrected chi connectivity index (χ0v) is 17.5. The summed E-state index contributed by atoms with van der Waals surface area (Å²) in [6.45, 7) is 0.465. The number of ether oxygens (including phenoxy) is 1. The molecule has 0 saturated heterocycles. The molecule has 0 fully saturated rings. The van der Waals surface area contributed by atoms with Gasteiger partial charge in [0.2, 0.25) is 0 Å². The van der Waals surface area contributed by atoms with Crippen LogP contribution in [0.1, 0.15) is 35.1 Å². The Bertz CT molecular complexity index is 1140. The van der Waals surface area contributed by atoms with Crippen molar-refractivity contribution in [3.05, 3.63) is 111 Å². The third-order valence-electron chi connectivity index (χ3n) is 6.13.